The lowest BCUT2D eigenvalue weighted by atomic mass is 9.83. The predicted octanol–water partition coefficient (Wildman–Crippen LogP) is 4.07. The molecule has 0 radical (unpaired) electrons. The Kier molecular flexibility index (Phi) is 4.66. The van der Waals surface area contributed by atoms with Crippen LogP contribution in [0.1, 0.15) is 68.5 Å². The van der Waals surface area contributed by atoms with E-state index in [0.29, 0.717) is 12.1 Å². The van der Waals surface area contributed by atoms with Gasteiger partial charge in [0.05, 0.1) is 0 Å². The zero-order chi connectivity index (χ0) is 14.8. The summed E-state index contributed by atoms with van der Waals surface area (Å²) in [4.78, 5) is 2.59. The van der Waals surface area contributed by atoms with Gasteiger partial charge in [0.2, 0.25) is 0 Å². The Morgan fingerprint density at radius 1 is 1.14 bits per heavy atom. The van der Waals surface area contributed by atoms with Crippen LogP contribution in [-0.4, -0.2) is 24.5 Å². The highest BCUT2D eigenvalue weighted by molar-refractivity contribution is 5.36. The van der Waals surface area contributed by atoms with Gasteiger partial charge in [-0.2, -0.15) is 0 Å². The summed E-state index contributed by atoms with van der Waals surface area (Å²) in [5.41, 5.74) is 9.25. The van der Waals surface area contributed by atoms with Gasteiger partial charge >= 0.3 is 0 Å². The topological polar surface area (TPSA) is 29.3 Å². The van der Waals surface area contributed by atoms with Gasteiger partial charge in [0.15, 0.2) is 0 Å². The summed E-state index contributed by atoms with van der Waals surface area (Å²) in [6, 6.07) is 10.1. The number of hydrogen-bond donors (Lipinski definition) is 1. The standard InChI is InChI=1S/C19H30N2/c1-14-7-3-6-10-18(14)21(2)19(13-20)17-9-5-4-8-16(17)15-11-12-15/h4-5,8-9,14-15,18-19H,3,6-7,10-13,20H2,1-2H3. The maximum absolute atomic E-state index is 6.21. The van der Waals surface area contributed by atoms with Crippen molar-refractivity contribution in [3.05, 3.63) is 35.4 Å². The van der Waals surface area contributed by atoms with Crippen LogP contribution in [0.3, 0.4) is 0 Å². The van der Waals surface area contributed by atoms with Gasteiger partial charge < -0.3 is 5.73 Å². The minimum Gasteiger partial charge on any atom is -0.329 e. The summed E-state index contributed by atoms with van der Waals surface area (Å²) in [5, 5.41) is 0. The summed E-state index contributed by atoms with van der Waals surface area (Å²) in [5.74, 6) is 1.60. The van der Waals surface area contributed by atoms with Gasteiger partial charge in [0.1, 0.15) is 0 Å². The normalized spacial score (nSPS) is 27.8. The molecule has 0 amide bonds. The number of likely N-dealkylation sites (N-methyl/N-ethyl adjacent to an activating group) is 1. The lowest BCUT2D eigenvalue weighted by Crippen LogP contribution is -2.43. The zero-order valence-corrected chi connectivity index (χ0v) is 13.6. The first-order chi connectivity index (χ1) is 10.2. The molecule has 1 aromatic carbocycles. The summed E-state index contributed by atoms with van der Waals surface area (Å²) in [6.45, 7) is 3.14. The van der Waals surface area contributed by atoms with E-state index >= 15 is 0 Å². The van der Waals surface area contributed by atoms with Crippen LogP contribution in [0.25, 0.3) is 0 Å². The zero-order valence-electron chi connectivity index (χ0n) is 13.6. The Morgan fingerprint density at radius 3 is 2.52 bits per heavy atom. The molecule has 2 nitrogen and oxygen atoms in total. The summed E-state index contributed by atoms with van der Waals surface area (Å²) >= 11 is 0. The van der Waals surface area contributed by atoms with Gasteiger partial charge in [-0.3, -0.25) is 4.90 Å². The van der Waals surface area contributed by atoms with Crippen LogP contribution in [0, 0.1) is 5.92 Å². The maximum atomic E-state index is 6.21. The lowest BCUT2D eigenvalue weighted by molar-refractivity contribution is 0.0988. The van der Waals surface area contributed by atoms with Crippen molar-refractivity contribution in [2.24, 2.45) is 11.7 Å². The summed E-state index contributed by atoms with van der Waals surface area (Å²) in [6.07, 6.45) is 8.20. The molecule has 3 rings (SSSR count). The fourth-order valence-corrected chi connectivity index (χ4v) is 4.23. The highest BCUT2D eigenvalue weighted by Crippen LogP contribution is 2.44. The van der Waals surface area contributed by atoms with E-state index in [9.17, 15) is 0 Å². The molecule has 0 heterocycles. The number of nitrogens with two attached hydrogens (primary N) is 1. The van der Waals surface area contributed by atoms with Gasteiger partial charge in [0, 0.05) is 18.6 Å². The third-order valence-corrected chi connectivity index (χ3v) is 5.68. The smallest absolute Gasteiger partial charge is 0.0473 e. The molecule has 0 saturated heterocycles. The first kappa shape index (κ1) is 15.1. The molecule has 1 aromatic rings. The van der Waals surface area contributed by atoms with Crippen LogP contribution in [0.5, 0.6) is 0 Å². The van der Waals surface area contributed by atoms with Gasteiger partial charge in [-0.05, 0) is 55.7 Å². The molecule has 116 valence electrons. The first-order valence-electron chi connectivity index (χ1n) is 8.73. The van der Waals surface area contributed by atoms with Crippen molar-refractivity contribution >= 4 is 0 Å². The largest absolute Gasteiger partial charge is 0.329 e. The molecule has 2 fully saturated rings. The van der Waals surface area contributed by atoms with Crippen LogP contribution in [0.2, 0.25) is 0 Å². The Morgan fingerprint density at radius 2 is 1.86 bits per heavy atom. The highest BCUT2D eigenvalue weighted by atomic mass is 15.2. The Bertz CT molecular complexity index is 466. The molecule has 2 saturated carbocycles. The van der Waals surface area contributed by atoms with E-state index in [4.69, 9.17) is 5.73 Å². The number of rotatable bonds is 5. The third kappa shape index (κ3) is 3.17. The van der Waals surface area contributed by atoms with Crippen LogP contribution in [0.4, 0.5) is 0 Å². The second-order valence-electron chi connectivity index (χ2n) is 7.15. The van der Waals surface area contributed by atoms with Crippen LogP contribution in [0.15, 0.2) is 24.3 Å². The van der Waals surface area contributed by atoms with E-state index < -0.39 is 0 Å². The second kappa shape index (κ2) is 6.50. The number of benzene rings is 1. The molecule has 0 spiro atoms. The van der Waals surface area contributed by atoms with Crippen molar-refractivity contribution in [3.8, 4) is 0 Å². The van der Waals surface area contributed by atoms with Crippen molar-refractivity contribution in [2.75, 3.05) is 13.6 Å². The molecule has 0 aromatic heterocycles. The molecular weight excluding hydrogens is 256 g/mol. The molecule has 3 atom stereocenters. The van der Waals surface area contributed by atoms with E-state index in [2.05, 4.69) is 43.1 Å². The van der Waals surface area contributed by atoms with Crippen LogP contribution < -0.4 is 5.73 Å². The maximum Gasteiger partial charge on any atom is 0.0473 e. The van der Waals surface area contributed by atoms with Crippen molar-refractivity contribution in [3.63, 3.8) is 0 Å². The van der Waals surface area contributed by atoms with E-state index in [1.807, 2.05) is 0 Å². The minimum absolute atomic E-state index is 0.382. The van der Waals surface area contributed by atoms with E-state index in [1.54, 1.807) is 5.56 Å². The molecule has 0 aliphatic heterocycles. The molecule has 2 aliphatic rings. The summed E-state index contributed by atoms with van der Waals surface area (Å²) < 4.78 is 0. The summed E-state index contributed by atoms with van der Waals surface area (Å²) in [7, 11) is 2.30. The van der Waals surface area contributed by atoms with Gasteiger partial charge in [0.25, 0.3) is 0 Å². The molecular formula is C19H30N2. The monoisotopic (exact) mass is 286 g/mol. The second-order valence-corrected chi connectivity index (χ2v) is 7.15. The van der Waals surface area contributed by atoms with Crippen LogP contribution >= 0.6 is 0 Å². The Labute approximate surface area is 129 Å². The van der Waals surface area contributed by atoms with Gasteiger partial charge in [-0.1, -0.05) is 44.0 Å². The third-order valence-electron chi connectivity index (χ3n) is 5.68. The number of hydrogen-bond acceptors (Lipinski definition) is 2. The Hall–Kier alpha value is -0.860. The average Bonchev–Trinajstić information content (AvgIpc) is 3.33. The average molecular weight is 286 g/mol. The quantitative estimate of drug-likeness (QED) is 0.884. The molecule has 0 bridgehead atoms. The number of nitrogens with zero attached hydrogens (tertiary/aromatic N) is 1. The molecule has 2 heteroatoms. The van der Waals surface area contributed by atoms with E-state index in [1.165, 1.54) is 44.1 Å². The first-order valence-corrected chi connectivity index (χ1v) is 8.73. The minimum atomic E-state index is 0.382. The molecule has 3 unspecified atom stereocenters. The van der Waals surface area contributed by atoms with Gasteiger partial charge in [-0.25, -0.2) is 0 Å². The predicted molar refractivity (Wildman–Crippen MR) is 89.4 cm³/mol. The van der Waals surface area contributed by atoms with Crippen molar-refractivity contribution < 1.29 is 0 Å². The van der Waals surface area contributed by atoms with Gasteiger partial charge in [-0.15, -0.1) is 0 Å². The van der Waals surface area contributed by atoms with Crippen molar-refractivity contribution in [2.45, 2.75) is 63.5 Å². The van der Waals surface area contributed by atoms with Crippen molar-refractivity contribution in [1.82, 2.24) is 4.90 Å². The van der Waals surface area contributed by atoms with E-state index in [0.717, 1.165) is 18.4 Å². The molecule has 2 N–H and O–H groups in total. The molecule has 2 aliphatic carbocycles. The van der Waals surface area contributed by atoms with Crippen LogP contribution in [-0.2, 0) is 0 Å². The molecule has 21 heavy (non-hydrogen) atoms. The Balaban J connectivity index is 1.84. The fourth-order valence-electron chi connectivity index (χ4n) is 4.23. The van der Waals surface area contributed by atoms with E-state index in [-0.39, 0.29) is 0 Å². The SMILES string of the molecule is CC1CCCCC1N(C)C(CN)c1ccccc1C1CC1. The highest BCUT2D eigenvalue weighted by Gasteiger charge is 2.33. The van der Waals surface area contributed by atoms with Crippen molar-refractivity contribution in [1.29, 1.82) is 0 Å². The lowest BCUT2D eigenvalue weighted by Gasteiger charge is -2.41. The fraction of sp³-hybridized carbons (Fsp3) is 0.684.